The van der Waals surface area contributed by atoms with Crippen LogP contribution in [-0.4, -0.2) is 12.1 Å². The van der Waals surface area contributed by atoms with Gasteiger partial charge in [-0.25, -0.2) is 4.79 Å². The van der Waals surface area contributed by atoms with Gasteiger partial charge in [0, 0.05) is 5.57 Å². The zero-order valence-corrected chi connectivity index (χ0v) is 7.26. The van der Waals surface area contributed by atoms with E-state index in [-0.39, 0.29) is 12.1 Å². The number of carbonyl (C=O) groups is 1. The lowest BCUT2D eigenvalue weighted by Gasteiger charge is -2.07. The summed E-state index contributed by atoms with van der Waals surface area (Å²) >= 11 is 0. The molecule has 62 valence electrons. The molecule has 0 spiro atoms. The quantitative estimate of drug-likeness (QED) is 0.353. The van der Waals surface area contributed by atoms with E-state index in [0.717, 1.165) is 0 Å². The van der Waals surface area contributed by atoms with Crippen LogP contribution >= 0.6 is 0 Å². The lowest BCUT2D eigenvalue weighted by molar-refractivity contribution is -0.141. The van der Waals surface area contributed by atoms with Crippen molar-refractivity contribution in [2.24, 2.45) is 0 Å². The summed E-state index contributed by atoms with van der Waals surface area (Å²) in [5.41, 5.74) is 0.624. The number of ether oxygens (including phenoxy) is 1. The van der Waals surface area contributed by atoms with E-state index in [4.69, 9.17) is 4.74 Å². The minimum absolute atomic E-state index is 0.211. The van der Waals surface area contributed by atoms with Crippen molar-refractivity contribution in [3.05, 3.63) is 24.3 Å². The van der Waals surface area contributed by atoms with Gasteiger partial charge < -0.3 is 4.74 Å². The van der Waals surface area contributed by atoms with Gasteiger partial charge in [0.25, 0.3) is 0 Å². The lowest BCUT2D eigenvalue weighted by Crippen LogP contribution is -2.12. The van der Waals surface area contributed by atoms with Gasteiger partial charge in [-0.2, -0.15) is 0 Å². The molecule has 2 nitrogen and oxygen atoms in total. The summed E-state index contributed by atoms with van der Waals surface area (Å²) in [4.78, 5) is 11.0. The first-order valence-electron chi connectivity index (χ1n) is 3.58. The molecule has 1 unspecified atom stereocenters. The van der Waals surface area contributed by atoms with Crippen LogP contribution in [0.4, 0.5) is 0 Å². The fraction of sp³-hybridized carbons (Fsp3) is 0.444. The predicted octanol–water partition coefficient (Wildman–Crippen LogP) is 2.07. The molecule has 0 aliphatic rings. The third-order valence-corrected chi connectivity index (χ3v) is 1.38. The number of allylic oxidation sites excluding steroid dienone is 1. The number of hydrogen-bond donors (Lipinski definition) is 0. The standard InChI is InChI=1S/C9H14O2/c1-5-7(3)9(10)11-8(4)6-2/h5-6,8H,2H2,1,3-4H3/b7-5-. The zero-order chi connectivity index (χ0) is 8.85. The molecule has 0 aliphatic heterocycles. The van der Waals surface area contributed by atoms with Gasteiger partial charge in [-0.05, 0) is 20.8 Å². The van der Waals surface area contributed by atoms with Crippen LogP contribution in [0.2, 0.25) is 0 Å². The van der Waals surface area contributed by atoms with Gasteiger partial charge in [-0.15, -0.1) is 0 Å². The highest BCUT2D eigenvalue weighted by Gasteiger charge is 2.06. The molecule has 0 aromatic carbocycles. The largest absolute Gasteiger partial charge is 0.455 e. The van der Waals surface area contributed by atoms with Crippen molar-refractivity contribution in [1.29, 1.82) is 0 Å². The minimum atomic E-state index is -0.278. The highest BCUT2D eigenvalue weighted by Crippen LogP contribution is 2.00. The SMILES string of the molecule is C=CC(C)OC(=O)/C(C)=C\C. The van der Waals surface area contributed by atoms with E-state index in [1.807, 2.05) is 0 Å². The number of carbonyl (C=O) groups excluding carboxylic acids is 1. The van der Waals surface area contributed by atoms with Crippen molar-refractivity contribution in [2.45, 2.75) is 26.9 Å². The third-order valence-electron chi connectivity index (χ3n) is 1.38. The van der Waals surface area contributed by atoms with Gasteiger partial charge in [0.05, 0.1) is 0 Å². The smallest absolute Gasteiger partial charge is 0.333 e. The first-order valence-corrected chi connectivity index (χ1v) is 3.58. The van der Waals surface area contributed by atoms with Crippen LogP contribution in [-0.2, 0) is 9.53 Å². The number of esters is 1. The summed E-state index contributed by atoms with van der Waals surface area (Å²) in [6, 6.07) is 0. The van der Waals surface area contributed by atoms with Crippen LogP contribution < -0.4 is 0 Å². The Labute approximate surface area is 67.6 Å². The average molecular weight is 154 g/mol. The van der Waals surface area contributed by atoms with Crippen LogP contribution in [0.1, 0.15) is 20.8 Å². The van der Waals surface area contributed by atoms with E-state index >= 15 is 0 Å². The topological polar surface area (TPSA) is 26.3 Å². The van der Waals surface area contributed by atoms with Crippen molar-refractivity contribution in [3.63, 3.8) is 0 Å². The normalized spacial score (nSPS) is 13.9. The van der Waals surface area contributed by atoms with Crippen LogP contribution in [0.25, 0.3) is 0 Å². The monoisotopic (exact) mass is 154 g/mol. The molecule has 0 aliphatic carbocycles. The molecule has 0 saturated carbocycles. The Morgan fingerprint density at radius 3 is 2.55 bits per heavy atom. The maximum Gasteiger partial charge on any atom is 0.333 e. The average Bonchev–Trinajstić information content (AvgIpc) is 2.02. The van der Waals surface area contributed by atoms with Crippen LogP contribution in [0.15, 0.2) is 24.3 Å². The van der Waals surface area contributed by atoms with Gasteiger partial charge in [-0.1, -0.05) is 18.7 Å². The molecule has 0 amide bonds. The molecule has 0 N–H and O–H groups in total. The summed E-state index contributed by atoms with van der Waals surface area (Å²) in [5, 5.41) is 0. The van der Waals surface area contributed by atoms with Crippen molar-refractivity contribution < 1.29 is 9.53 Å². The Hall–Kier alpha value is -1.05. The molecule has 1 atom stereocenters. The van der Waals surface area contributed by atoms with Gasteiger partial charge in [-0.3, -0.25) is 0 Å². The highest BCUT2D eigenvalue weighted by molar-refractivity contribution is 5.87. The van der Waals surface area contributed by atoms with Gasteiger partial charge in [0.1, 0.15) is 6.10 Å². The van der Waals surface area contributed by atoms with Crippen molar-refractivity contribution >= 4 is 5.97 Å². The second-order valence-electron chi connectivity index (χ2n) is 2.32. The molecule has 0 rings (SSSR count). The van der Waals surface area contributed by atoms with Gasteiger partial charge in [0.2, 0.25) is 0 Å². The van der Waals surface area contributed by atoms with Crippen LogP contribution in [0.5, 0.6) is 0 Å². The Bertz CT molecular complexity index is 180. The Morgan fingerprint density at radius 2 is 2.18 bits per heavy atom. The molecule has 0 aromatic heterocycles. The Kier molecular flexibility index (Phi) is 4.27. The first kappa shape index (κ1) is 9.95. The van der Waals surface area contributed by atoms with Gasteiger partial charge >= 0.3 is 5.97 Å². The number of hydrogen-bond acceptors (Lipinski definition) is 2. The second-order valence-corrected chi connectivity index (χ2v) is 2.32. The highest BCUT2D eigenvalue weighted by atomic mass is 16.5. The van der Waals surface area contributed by atoms with Gasteiger partial charge in [0.15, 0.2) is 0 Å². The molecule has 2 heteroatoms. The summed E-state index contributed by atoms with van der Waals surface area (Å²) < 4.78 is 4.93. The van der Waals surface area contributed by atoms with E-state index in [1.165, 1.54) is 0 Å². The second kappa shape index (κ2) is 4.72. The zero-order valence-electron chi connectivity index (χ0n) is 7.26. The van der Waals surface area contributed by atoms with Crippen molar-refractivity contribution in [1.82, 2.24) is 0 Å². The van der Waals surface area contributed by atoms with Crippen molar-refractivity contribution in [3.8, 4) is 0 Å². The van der Waals surface area contributed by atoms with E-state index in [2.05, 4.69) is 6.58 Å². The van der Waals surface area contributed by atoms with Crippen molar-refractivity contribution in [2.75, 3.05) is 0 Å². The molecule has 0 heterocycles. The van der Waals surface area contributed by atoms with Crippen LogP contribution in [0, 0.1) is 0 Å². The molecule has 0 radical (unpaired) electrons. The maximum atomic E-state index is 11.0. The predicted molar refractivity (Wildman–Crippen MR) is 45.2 cm³/mol. The summed E-state index contributed by atoms with van der Waals surface area (Å²) in [5.74, 6) is -0.278. The molecular weight excluding hydrogens is 140 g/mol. The molecular formula is C9H14O2. The Morgan fingerprint density at radius 1 is 1.64 bits per heavy atom. The fourth-order valence-corrected chi connectivity index (χ4v) is 0.428. The molecule has 0 saturated heterocycles. The van der Waals surface area contributed by atoms with Crippen LogP contribution in [0.3, 0.4) is 0 Å². The third kappa shape index (κ3) is 3.61. The van der Waals surface area contributed by atoms with E-state index in [9.17, 15) is 4.79 Å². The lowest BCUT2D eigenvalue weighted by atomic mass is 10.3. The summed E-state index contributed by atoms with van der Waals surface area (Å²) in [7, 11) is 0. The van der Waals surface area contributed by atoms with E-state index in [1.54, 1.807) is 32.9 Å². The maximum absolute atomic E-state index is 11.0. The summed E-state index contributed by atoms with van der Waals surface area (Å²) in [6.07, 6.45) is 3.09. The van der Waals surface area contributed by atoms with E-state index in [0.29, 0.717) is 5.57 Å². The molecule has 0 bridgehead atoms. The molecule has 11 heavy (non-hydrogen) atoms. The van der Waals surface area contributed by atoms with E-state index < -0.39 is 0 Å². The minimum Gasteiger partial charge on any atom is -0.455 e. The molecule has 0 fully saturated rings. The molecule has 0 aromatic rings. The fourth-order valence-electron chi connectivity index (χ4n) is 0.428. The first-order chi connectivity index (χ1) is 5.11. The summed E-state index contributed by atoms with van der Waals surface area (Å²) in [6.45, 7) is 8.79. The number of rotatable bonds is 3. The Balaban J connectivity index is 3.97.